The number of thiol groups is 1. The molecule has 5 heteroatoms. The van der Waals surface area contributed by atoms with Crippen molar-refractivity contribution in [1.82, 2.24) is 4.98 Å². The molecule has 0 fully saturated rings. The van der Waals surface area contributed by atoms with Gasteiger partial charge in [-0.2, -0.15) is 12.6 Å². The van der Waals surface area contributed by atoms with Gasteiger partial charge in [0.1, 0.15) is 6.04 Å². The lowest BCUT2D eigenvalue weighted by molar-refractivity contribution is -0.137. The first kappa shape index (κ1) is 13.7. The molecule has 1 aromatic heterocycles. The maximum Gasteiger partial charge on any atom is 0.321 e. The van der Waals surface area contributed by atoms with Gasteiger partial charge in [0.2, 0.25) is 0 Å². The lowest BCUT2D eigenvalue weighted by Crippen LogP contribution is -2.31. The van der Waals surface area contributed by atoms with Crippen LogP contribution in [0.2, 0.25) is 0 Å². The minimum absolute atomic E-state index is 0.190. The van der Waals surface area contributed by atoms with Gasteiger partial charge < -0.3 is 10.8 Å². The summed E-state index contributed by atoms with van der Waals surface area (Å²) in [6.07, 6.45) is 5.29. The van der Waals surface area contributed by atoms with Crippen LogP contribution in [0.15, 0.2) is 31.1 Å². The molecule has 1 rings (SSSR count). The van der Waals surface area contributed by atoms with E-state index in [0.717, 1.165) is 5.56 Å². The molecule has 82 valence electrons. The summed E-state index contributed by atoms with van der Waals surface area (Å²) in [5.74, 6) is -0.815. The van der Waals surface area contributed by atoms with Crippen LogP contribution in [0.4, 0.5) is 0 Å². The van der Waals surface area contributed by atoms with Crippen molar-refractivity contribution in [3.8, 4) is 0 Å². The smallest absolute Gasteiger partial charge is 0.321 e. The second-order valence-electron chi connectivity index (χ2n) is 2.61. The summed E-state index contributed by atoms with van der Waals surface area (Å²) in [5, 5.41) is 8.01. The number of carboxylic acids is 1. The summed E-state index contributed by atoms with van der Waals surface area (Å²) in [4.78, 5) is 13.6. The standard InChI is InChI=1S/C7H7N.C3H7NO2S/c1-2-7-3-5-8-6-4-7;4-2(1-7)3(5)6/h2-6H,1H2;2,7H,1,4H2,(H,5,6)/t;2-/m.0/s1. The molecule has 0 bridgehead atoms. The highest BCUT2D eigenvalue weighted by Gasteiger charge is 2.06. The molecule has 0 aliphatic rings. The summed E-state index contributed by atoms with van der Waals surface area (Å²) < 4.78 is 0. The summed E-state index contributed by atoms with van der Waals surface area (Å²) in [6, 6.07) is 3.00. The van der Waals surface area contributed by atoms with Crippen molar-refractivity contribution in [2.75, 3.05) is 5.75 Å². The molecule has 1 atom stereocenters. The van der Waals surface area contributed by atoms with Crippen LogP contribution in [-0.2, 0) is 4.79 Å². The zero-order chi connectivity index (χ0) is 11.7. The Hall–Kier alpha value is -1.33. The van der Waals surface area contributed by atoms with Crippen LogP contribution in [0.5, 0.6) is 0 Å². The summed E-state index contributed by atoms with van der Waals surface area (Å²) in [7, 11) is 0. The van der Waals surface area contributed by atoms with Gasteiger partial charge in [0.15, 0.2) is 0 Å². The van der Waals surface area contributed by atoms with Gasteiger partial charge in [-0.3, -0.25) is 9.78 Å². The molecular weight excluding hydrogens is 212 g/mol. The number of carboxylic acid groups (broad SMARTS) is 1. The van der Waals surface area contributed by atoms with E-state index < -0.39 is 12.0 Å². The highest BCUT2D eigenvalue weighted by atomic mass is 32.1. The Balaban J connectivity index is 0.000000265. The maximum absolute atomic E-state index is 9.76. The Labute approximate surface area is 94.2 Å². The van der Waals surface area contributed by atoms with Crippen LogP contribution >= 0.6 is 12.6 Å². The third kappa shape index (κ3) is 6.70. The molecule has 0 saturated heterocycles. The number of nitrogens with two attached hydrogens (primary N) is 1. The predicted octanol–water partition coefficient (Wildman–Crippen LogP) is 1.05. The van der Waals surface area contributed by atoms with Crippen molar-refractivity contribution in [3.63, 3.8) is 0 Å². The molecule has 0 spiro atoms. The molecule has 1 heterocycles. The molecule has 0 radical (unpaired) electrons. The third-order valence-corrected chi connectivity index (χ3v) is 1.85. The fourth-order valence-electron chi connectivity index (χ4n) is 0.578. The lowest BCUT2D eigenvalue weighted by Gasteiger charge is -1.96. The molecule has 0 saturated carbocycles. The van der Waals surface area contributed by atoms with Gasteiger partial charge in [0, 0.05) is 18.1 Å². The molecule has 0 aliphatic heterocycles. The largest absolute Gasteiger partial charge is 0.480 e. The fourth-order valence-corrected chi connectivity index (χ4v) is 0.734. The maximum atomic E-state index is 9.76. The van der Waals surface area contributed by atoms with E-state index in [2.05, 4.69) is 24.2 Å². The normalized spacial score (nSPS) is 10.8. The molecule has 0 amide bonds. The topological polar surface area (TPSA) is 76.2 Å². The van der Waals surface area contributed by atoms with Crippen molar-refractivity contribution >= 4 is 24.7 Å². The number of aromatic nitrogens is 1. The zero-order valence-corrected chi connectivity index (χ0v) is 9.10. The fraction of sp³-hybridized carbons (Fsp3) is 0.200. The molecule has 0 unspecified atom stereocenters. The average molecular weight is 226 g/mol. The van der Waals surface area contributed by atoms with Crippen molar-refractivity contribution in [2.45, 2.75) is 6.04 Å². The van der Waals surface area contributed by atoms with Crippen LogP contribution in [0.25, 0.3) is 6.08 Å². The van der Waals surface area contributed by atoms with Gasteiger partial charge in [0.25, 0.3) is 0 Å². The number of nitrogens with zero attached hydrogens (tertiary/aromatic N) is 1. The molecular formula is C10H14N2O2S. The van der Waals surface area contributed by atoms with E-state index in [0.29, 0.717) is 0 Å². The van der Waals surface area contributed by atoms with Gasteiger partial charge in [-0.25, -0.2) is 0 Å². The van der Waals surface area contributed by atoms with E-state index in [9.17, 15) is 4.79 Å². The molecule has 3 N–H and O–H groups in total. The van der Waals surface area contributed by atoms with E-state index in [1.807, 2.05) is 12.1 Å². The highest BCUT2D eigenvalue weighted by Crippen LogP contribution is 1.94. The molecule has 0 aliphatic carbocycles. The first-order chi connectivity index (χ1) is 7.11. The molecule has 4 nitrogen and oxygen atoms in total. The highest BCUT2D eigenvalue weighted by molar-refractivity contribution is 7.80. The number of rotatable bonds is 3. The van der Waals surface area contributed by atoms with Crippen LogP contribution in [0.3, 0.4) is 0 Å². The van der Waals surface area contributed by atoms with Gasteiger partial charge in [0.05, 0.1) is 0 Å². The van der Waals surface area contributed by atoms with E-state index in [1.165, 1.54) is 0 Å². The second kappa shape index (κ2) is 8.02. The van der Waals surface area contributed by atoms with Crippen LogP contribution in [-0.4, -0.2) is 27.9 Å². The predicted molar refractivity (Wildman–Crippen MR) is 63.8 cm³/mol. The number of hydrogen-bond donors (Lipinski definition) is 3. The Bertz CT molecular complexity index is 304. The van der Waals surface area contributed by atoms with Crippen molar-refractivity contribution in [1.29, 1.82) is 0 Å². The number of aliphatic carboxylic acids is 1. The molecule has 15 heavy (non-hydrogen) atoms. The SMILES string of the molecule is C=Cc1ccncc1.N[C@@H](CS)C(=O)O. The number of hydrogen-bond acceptors (Lipinski definition) is 4. The van der Waals surface area contributed by atoms with E-state index >= 15 is 0 Å². The zero-order valence-electron chi connectivity index (χ0n) is 8.21. The first-order valence-corrected chi connectivity index (χ1v) is 4.86. The second-order valence-corrected chi connectivity index (χ2v) is 2.98. The summed E-state index contributed by atoms with van der Waals surface area (Å²) in [5.41, 5.74) is 6.05. The van der Waals surface area contributed by atoms with Gasteiger partial charge in [-0.15, -0.1) is 0 Å². The minimum Gasteiger partial charge on any atom is -0.480 e. The van der Waals surface area contributed by atoms with E-state index in [-0.39, 0.29) is 5.75 Å². The summed E-state index contributed by atoms with van der Waals surface area (Å²) >= 11 is 3.65. The molecule has 0 aromatic carbocycles. The van der Waals surface area contributed by atoms with E-state index in [1.54, 1.807) is 18.5 Å². The van der Waals surface area contributed by atoms with Crippen LogP contribution in [0.1, 0.15) is 5.56 Å². The summed E-state index contributed by atoms with van der Waals surface area (Å²) in [6.45, 7) is 3.60. The molecule has 1 aromatic rings. The van der Waals surface area contributed by atoms with Gasteiger partial charge in [-0.1, -0.05) is 12.7 Å². The van der Waals surface area contributed by atoms with Crippen LogP contribution < -0.4 is 5.73 Å². The monoisotopic (exact) mass is 226 g/mol. The number of carbonyl (C=O) groups is 1. The van der Waals surface area contributed by atoms with Crippen molar-refractivity contribution < 1.29 is 9.90 Å². The first-order valence-electron chi connectivity index (χ1n) is 4.23. The van der Waals surface area contributed by atoms with E-state index in [4.69, 9.17) is 10.8 Å². The Morgan fingerprint density at radius 2 is 2.20 bits per heavy atom. The van der Waals surface area contributed by atoms with Crippen molar-refractivity contribution in [2.24, 2.45) is 5.73 Å². The Morgan fingerprint density at radius 1 is 1.67 bits per heavy atom. The van der Waals surface area contributed by atoms with Crippen LogP contribution in [0, 0.1) is 0 Å². The van der Waals surface area contributed by atoms with Crippen molar-refractivity contribution in [3.05, 3.63) is 36.7 Å². The number of pyridine rings is 1. The van der Waals surface area contributed by atoms with Gasteiger partial charge >= 0.3 is 5.97 Å². The Morgan fingerprint density at radius 3 is 2.40 bits per heavy atom. The quantitative estimate of drug-likeness (QED) is 0.673. The van der Waals surface area contributed by atoms with Gasteiger partial charge in [-0.05, 0) is 17.7 Å². The minimum atomic E-state index is -1.00. The average Bonchev–Trinajstić information content (AvgIpc) is 2.29. The Kier molecular flexibility index (Phi) is 7.31. The lowest BCUT2D eigenvalue weighted by atomic mass is 10.3. The third-order valence-electron chi connectivity index (χ3n) is 1.46.